The summed E-state index contributed by atoms with van der Waals surface area (Å²) in [6.07, 6.45) is 10.1. The van der Waals surface area contributed by atoms with Crippen LogP contribution in [-0.4, -0.2) is 12.1 Å². The molecule has 0 spiro atoms. The van der Waals surface area contributed by atoms with E-state index in [-0.39, 0.29) is 23.9 Å². The topological polar surface area (TPSA) is 26.3 Å². The van der Waals surface area contributed by atoms with Crippen molar-refractivity contribution >= 4 is 5.97 Å². The molecule has 0 heterocycles. The lowest BCUT2D eigenvalue weighted by molar-refractivity contribution is -0.157. The van der Waals surface area contributed by atoms with Gasteiger partial charge >= 0.3 is 5.97 Å². The van der Waals surface area contributed by atoms with Crippen LogP contribution in [0, 0.1) is 17.7 Å². The molecule has 3 rings (SSSR count). The Hall–Kier alpha value is -1.52. The van der Waals surface area contributed by atoms with E-state index in [2.05, 4.69) is 6.92 Å². The Balaban J connectivity index is 1.48. The molecule has 2 aliphatic carbocycles. The molecule has 0 amide bonds. The predicted octanol–water partition coefficient (Wildman–Crippen LogP) is 8.67. The largest absolute Gasteiger partial charge is 0.462 e. The zero-order valence-corrected chi connectivity index (χ0v) is 20.4. The van der Waals surface area contributed by atoms with Gasteiger partial charge in [-0.15, -0.1) is 0 Å². The summed E-state index contributed by atoms with van der Waals surface area (Å²) in [5.41, 5.74) is 0.390. The average molecular weight is 467 g/mol. The fourth-order valence-electron chi connectivity index (χ4n) is 5.81. The Kier molecular flexibility index (Phi) is 10.1. The van der Waals surface area contributed by atoms with E-state index < -0.39 is 17.8 Å². The number of hydrogen-bond acceptors (Lipinski definition) is 2. The normalized spacial score (nSPS) is 25.9. The number of carbonyl (C=O) groups is 1. The van der Waals surface area contributed by atoms with Crippen LogP contribution in [0.1, 0.15) is 126 Å². The predicted molar refractivity (Wildman–Crippen MR) is 126 cm³/mol. The Morgan fingerprint density at radius 2 is 1.67 bits per heavy atom. The Labute approximate surface area is 197 Å². The third-order valence-electron chi connectivity index (χ3n) is 7.83. The van der Waals surface area contributed by atoms with E-state index in [9.17, 15) is 13.6 Å². The molecule has 0 aromatic heterocycles. The third-order valence-corrected chi connectivity index (χ3v) is 7.83. The lowest BCUT2D eigenvalue weighted by Gasteiger charge is -2.32. The van der Waals surface area contributed by atoms with Crippen LogP contribution >= 0.6 is 0 Å². The van der Waals surface area contributed by atoms with Crippen molar-refractivity contribution in [3.63, 3.8) is 0 Å². The molecule has 2 nitrogen and oxygen atoms in total. The van der Waals surface area contributed by atoms with E-state index in [1.165, 1.54) is 25.7 Å². The first kappa shape index (κ1) is 26.1. The summed E-state index contributed by atoms with van der Waals surface area (Å²) in [7, 11) is 0. The van der Waals surface area contributed by atoms with E-state index in [0.717, 1.165) is 31.6 Å². The van der Waals surface area contributed by atoms with Gasteiger partial charge < -0.3 is 4.74 Å². The molecule has 0 aliphatic heterocycles. The lowest BCUT2D eigenvalue weighted by Crippen LogP contribution is -2.30. The summed E-state index contributed by atoms with van der Waals surface area (Å²) in [6.45, 7) is 4.13. The van der Waals surface area contributed by atoms with Crippen molar-refractivity contribution < 1.29 is 22.7 Å². The number of ether oxygens (including phenoxy) is 1. The molecule has 5 heteroatoms. The average Bonchev–Trinajstić information content (AvgIpc) is 2.80. The summed E-state index contributed by atoms with van der Waals surface area (Å²) in [6, 6.07) is 3.37. The number of esters is 1. The molecule has 2 fully saturated rings. The molecule has 1 aromatic rings. The molecular weight excluding hydrogens is 425 g/mol. The fourth-order valence-corrected chi connectivity index (χ4v) is 5.81. The highest BCUT2D eigenvalue weighted by Gasteiger charge is 2.32. The first-order valence-corrected chi connectivity index (χ1v) is 13.2. The minimum Gasteiger partial charge on any atom is -0.462 e. The molecular formula is C28H41F3O2. The molecule has 2 saturated carbocycles. The van der Waals surface area contributed by atoms with Crippen molar-refractivity contribution in [3.8, 4) is 0 Å². The number of hydrogen-bond donors (Lipinski definition) is 0. The smallest absolute Gasteiger partial charge is 0.309 e. The summed E-state index contributed by atoms with van der Waals surface area (Å²) >= 11 is 0. The number of rotatable bonds is 10. The summed E-state index contributed by atoms with van der Waals surface area (Å²) < 4.78 is 47.9. The van der Waals surface area contributed by atoms with E-state index in [0.29, 0.717) is 49.7 Å². The van der Waals surface area contributed by atoms with Crippen LogP contribution in [-0.2, 0) is 16.0 Å². The maximum Gasteiger partial charge on any atom is 0.309 e. The minimum atomic E-state index is -2.80. The van der Waals surface area contributed by atoms with Crippen molar-refractivity contribution in [2.24, 2.45) is 11.8 Å². The molecule has 0 radical (unpaired) electrons. The van der Waals surface area contributed by atoms with Gasteiger partial charge in [-0.3, -0.25) is 4.79 Å². The molecule has 186 valence electrons. The third kappa shape index (κ3) is 6.99. The van der Waals surface area contributed by atoms with Crippen molar-refractivity contribution in [1.29, 1.82) is 0 Å². The molecule has 0 N–H and O–H groups in total. The second kappa shape index (κ2) is 12.8. The van der Waals surface area contributed by atoms with Gasteiger partial charge in [0.05, 0.1) is 11.5 Å². The number of benzene rings is 1. The van der Waals surface area contributed by atoms with Crippen molar-refractivity contribution in [3.05, 3.63) is 34.6 Å². The van der Waals surface area contributed by atoms with Crippen LogP contribution < -0.4 is 0 Å². The highest BCUT2D eigenvalue weighted by molar-refractivity contribution is 5.72. The van der Waals surface area contributed by atoms with Gasteiger partial charge in [0.2, 0.25) is 0 Å². The van der Waals surface area contributed by atoms with Crippen LogP contribution in [0.2, 0.25) is 0 Å². The second-order valence-electron chi connectivity index (χ2n) is 10.2. The minimum absolute atomic E-state index is 0.0160. The molecule has 2 aliphatic rings. The quantitative estimate of drug-likeness (QED) is 0.255. The van der Waals surface area contributed by atoms with Gasteiger partial charge in [0, 0.05) is 0 Å². The van der Waals surface area contributed by atoms with Crippen LogP contribution in [0.25, 0.3) is 0 Å². The fraction of sp³-hybridized carbons (Fsp3) is 0.750. The number of halogens is 3. The Bertz CT molecular complexity index is 748. The van der Waals surface area contributed by atoms with E-state index in [4.69, 9.17) is 4.74 Å². The van der Waals surface area contributed by atoms with Crippen molar-refractivity contribution in [2.45, 2.75) is 122 Å². The molecule has 0 saturated heterocycles. The maximum atomic E-state index is 15.0. The standard InChI is InChI=1S/C28H41F3O2/c1-3-5-6-8-19-9-11-22(12-10-19)28(32)33-23-16-13-20(14-17-23)24-18-15-21(7-4-2)25(26(24)29)27(30)31/h15,18-20,22-23,27H,3-14,16-17H2,1-2H3. The van der Waals surface area contributed by atoms with Gasteiger partial charge in [0.25, 0.3) is 6.43 Å². The zero-order chi connectivity index (χ0) is 23.8. The van der Waals surface area contributed by atoms with Gasteiger partial charge in [-0.25, -0.2) is 13.2 Å². The number of alkyl halides is 2. The molecule has 0 atom stereocenters. The maximum absolute atomic E-state index is 15.0. The van der Waals surface area contributed by atoms with Crippen molar-refractivity contribution in [1.82, 2.24) is 0 Å². The Morgan fingerprint density at radius 3 is 2.27 bits per heavy atom. The Morgan fingerprint density at radius 1 is 0.970 bits per heavy atom. The summed E-state index contributed by atoms with van der Waals surface area (Å²) in [4.78, 5) is 12.7. The first-order chi connectivity index (χ1) is 15.9. The monoisotopic (exact) mass is 466 g/mol. The molecule has 0 bridgehead atoms. The van der Waals surface area contributed by atoms with Crippen LogP contribution in [0.3, 0.4) is 0 Å². The second-order valence-corrected chi connectivity index (χ2v) is 10.2. The van der Waals surface area contributed by atoms with E-state index >= 15 is 4.39 Å². The molecule has 1 aromatic carbocycles. The zero-order valence-electron chi connectivity index (χ0n) is 20.4. The molecule has 33 heavy (non-hydrogen) atoms. The number of unbranched alkanes of at least 4 members (excludes halogenated alkanes) is 2. The van der Waals surface area contributed by atoms with Crippen molar-refractivity contribution in [2.75, 3.05) is 0 Å². The van der Waals surface area contributed by atoms with Crippen LogP contribution in [0.5, 0.6) is 0 Å². The van der Waals surface area contributed by atoms with Gasteiger partial charge in [-0.2, -0.15) is 0 Å². The van der Waals surface area contributed by atoms with Gasteiger partial charge in [-0.05, 0) is 80.8 Å². The number of aryl methyl sites for hydroxylation is 1. The van der Waals surface area contributed by atoms with E-state index in [1.54, 1.807) is 12.1 Å². The van der Waals surface area contributed by atoms with E-state index in [1.807, 2.05) is 6.92 Å². The highest BCUT2D eigenvalue weighted by Crippen LogP contribution is 2.40. The van der Waals surface area contributed by atoms with Gasteiger partial charge in [0.15, 0.2) is 0 Å². The number of carbonyl (C=O) groups excluding carboxylic acids is 1. The lowest BCUT2D eigenvalue weighted by atomic mass is 9.79. The van der Waals surface area contributed by atoms with Gasteiger partial charge in [0.1, 0.15) is 11.9 Å². The summed E-state index contributed by atoms with van der Waals surface area (Å²) in [5, 5.41) is 0. The van der Waals surface area contributed by atoms with Crippen LogP contribution in [0.4, 0.5) is 13.2 Å². The van der Waals surface area contributed by atoms with Crippen LogP contribution in [0.15, 0.2) is 12.1 Å². The SMILES string of the molecule is CCCCCC1CCC(C(=O)OC2CCC(c3ccc(CCC)c(C(F)F)c3F)CC2)CC1. The highest BCUT2D eigenvalue weighted by atomic mass is 19.3. The first-order valence-electron chi connectivity index (χ1n) is 13.2. The summed E-state index contributed by atoms with van der Waals surface area (Å²) in [5.74, 6) is -0.116. The van der Waals surface area contributed by atoms with Gasteiger partial charge in [-0.1, -0.05) is 58.1 Å². The molecule has 0 unspecified atom stereocenters.